The van der Waals surface area contributed by atoms with E-state index >= 15 is 0 Å². The van der Waals surface area contributed by atoms with Crippen molar-refractivity contribution in [2.75, 3.05) is 5.32 Å². The lowest BCUT2D eigenvalue weighted by Crippen LogP contribution is -2.08. The topological polar surface area (TPSA) is 92.9 Å². The zero-order valence-electron chi connectivity index (χ0n) is 9.99. The maximum Gasteiger partial charge on any atom is 0.432 e. The van der Waals surface area contributed by atoms with Gasteiger partial charge in [-0.15, -0.1) is 0 Å². The summed E-state index contributed by atoms with van der Waals surface area (Å²) in [5.74, 6) is 0.551. The van der Waals surface area contributed by atoms with Crippen LogP contribution in [0.15, 0.2) is 36.7 Å². The van der Waals surface area contributed by atoms with Gasteiger partial charge in [0.15, 0.2) is 0 Å². The third kappa shape index (κ3) is 2.26. The van der Waals surface area contributed by atoms with Crippen LogP contribution in [0.25, 0.3) is 10.9 Å². The first kappa shape index (κ1) is 12.4. The summed E-state index contributed by atoms with van der Waals surface area (Å²) < 4.78 is 0.917. The van der Waals surface area contributed by atoms with Crippen LogP contribution < -0.4 is 5.32 Å². The smallest absolute Gasteiger partial charge is 0.432 e. The van der Waals surface area contributed by atoms with Crippen molar-refractivity contribution in [1.29, 1.82) is 0 Å². The molecule has 0 unspecified atom stereocenters. The molecule has 2 aromatic heterocycles. The minimum Gasteiger partial charge on any atom is -0.463 e. The lowest BCUT2D eigenvalue weighted by Gasteiger charge is -2.05. The van der Waals surface area contributed by atoms with E-state index in [-0.39, 0.29) is 5.28 Å². The summed E-state index contributed by atoms with van der Waals surface area (Å²) in [4.78, 5) is 18.7. The summed E-state index contributed by atoms with van der Waals surface area (Å²) >= 11 is 5.70. The van der Waals surface area contributed by atoms with Crippen molar-refractivity contribution in [3.8, 4) is 0 Å². The van der Waals surface area contributed by atoms with Crippen molar-refractivity contribution in [1.82, 2.24) is 19.7 Å². The lowest BCUT2D eigenvalue weighted by atomic mass is 10.2. The number of carbonyl (C=O) groups is 1. The Morgan fingerprint density at radius 1 is 1.35 bits per heavy atom. The fraction of sp³-hybridized carbons (Fsp3) is 0. The zero-order valence-corrected chi connectivity index (χ0v) is 10.7. The molecule has 100 valence electrons. The van der Waals surface area contributed by atoms with E-state index in [2.05, 4.69) is 20.4 Å². The highest BCUT2D eigenvalue weighted by Crippen LogP contribution is 2.21. The van der Waals surface area contributed by atoms with Crippen LogP contribution in [0.3, 0.4) is 0 Å². The molecule has 0 saturated carbocycles. The van der Waals surface area contributed by atoms with Crippen LogP contribution in [0.5, 0.6) is 0 Å². The Bertz CT molecular complexity index is 801. The Morgan fingerprint density at radius 3 is 2.95 bits per heavy atom. The van der Waals surface area contributed by atoms with Crippen LogP contribution in [0, 0.1) is 0 Å². The van der Waals surface area contributed by atoms with E-state index in [0.717, 1.165) is 10.4 Å². The van der Waals surface area contributed by atoms with Gasteiger partial charge in [0.2, 0.25) is 5.28 Å². The molecule has 0 amide bonds. The average molecular weight is 290 g/mol. The van der Waals surface area contributed by atoms with Gasteiger partial charge in [-0.05, 0) is 35.9 Å². The SMILES string of the molecule is O=C(O)n1ncc2cc(Nc3ccnc(Cl)n3)ccc21. The summed E-state index contributed by atoms with van der Waals surface area (Å²) in [7, 11) is 0. The van der Waals surface area contributed by atoms with Gasteiger partial charge >= 0.3 is 6.09 Å². The van der Waals surface area contributed by atoms with E-state index in [4.69, 9.17) is 16.7 Å². The maximum atomic E-state index is 10.9. The molecule has 3 aromatic rings. The molecule has 0 atom stereocenters. The summed E-state index contributed by atoms with van der Waals surface area (Å²) in [6.45, 7) is 0. The standard InChI is InChI=1S/C12H8ClN5O2/c13-11-14-4-3-10(17-11)16-8-1-2-9-7(5-8)6-15-18(9)12(19)20/h1-6H,(H,19,20)(H,14,16,17). The van der Waals surface area contributed by atoms with Crippen molar-refractivity contribution in [2.24, 2.45) is 0 Å². The van der Waals surface area contributed by atoms with Crippen LogP contribution in [-0.4, -0.2) is 30.9 Å². The second kappa shape index (κ2) is 4.78. The number of nitrogens with one attached hydrogen (secondary N) is 1. The van der Waals surface area contributed by atoms with E-state index < -0.39 is 6.09 Å². The number of rotatable bonds is 2. The molecular weight excluding hydrogens is 282 g/mol. The highest BCUT2D eigenvalue weighted by atomic mass is 35.5. The number of fused-ring (bicyclic) bond motifs is 1. The molecule has 0 aliphatic rings. The number of hydrogen-bond donors (Lipinski definition) is 2. The summed E-state index contributed by atoms with van der Waals surface area (Å²) in [6.07, 6.45) is 1.91. The highest BCUT2D eigenvalue weighted by Gasteiger charge is 2.09. The van der Waals surface area contributed by atoms with E-state index in [0.29, 0.717) is 16.7 Å². The molecule has 0 fully saturated rings. The number of carboxylic acid groups (broad SMARTS) is 1. The largest absolute Gasteiger partial charge is 0.463 e. The third-order valence-electron chi connectivity index (χ3n) is 2.65. The molecule has 0 aliphatic carbocycles. The number of anilines is 2. The Hall–Kier alpha value is -2.67. The molecule has 0 spiro atoms. The number of halogens is 1. The van der Waals surface area contributed by atoms with Gasteiger partial charge < -0.3 is 10.4 Å². The molecule has 2 N–H and O–H groups in total. The number of benzene rings is 1. The lowest BCUT2D eigenvalue weighted by molar-refractivity contribution is 0.194. The van der Waals surface area contributed by atoms with Crippen LogP contribution in [0.4, 0.5) is 16.3 Å². The molecule has 8 heteroatoms. The molecule has 7 nitrogen and oxygen atoms in total. The Labute approximate surface area is 117 Å². The number of nitrogens with zero attached hydrogens (tertiary/aromatic N) is 4. The van der Waals surface area contributed by atoms with Gasteiger partial charge in [-0.25, -0.2) is 14.8 Å². The first-order valence-corrected chi connectivity index (χ1v) is 5.98. The summed E-state index contributed by atoms with van der Waals surface area (Å²) in [6, 6.07) is 6.86. The van der Waals surface area contributed by atoms with Gasteiger partial charge in [-0.2, -0.15) is 9.78 Å². The maximum absolute atomic E-state index is 10.9. The van der Waals surface area contributed by atoms with Crippen LogP contribution in [-0.2, 0) is 0 Å². The minimum absolute atomic E-state index is 0.148. The van der Waals surface area contributed by atoms with E-state index in [1.807, 2.05) is 0 Å². The monoisotopic (exact) mass is 289 g/mol. The second-order valence-electron chi connectivity index (χ2n) is 3.95. The zero-order chi connectivity index (χ0) is 14.1. The molecule has 0 saturated heterocycles. The van der Waals surface area contributed by atoms with Crippen molar-refractivity contribution in [2.45, 2.75) is 0 Å². The number of hydrogen-bond acceptors (Lipinski definition) is 5. The highest BCUT2D eigenvalue weighted by molar-refractivity contribution is 6.28. The Morgan fingerprint density at radius 2 is 2.20 bits per heavy atom. The number of aromatic nitrogens is 4. The molecule has 2 heterocycles. The predicted molar refractivity (Wildman–Crippen MR) is 73.5 cm³/mol. The fourth-order valence-corrected chi connectivity index (χ4v) is 1.96. The normalized spacial score (nSPS) is 10.7. The van der Waals surface area contributed by atoms with Gasteiger partial charge in [0, 0.05) is 17.3 Å². The molecule has 0 aliphatic heterocycles. The van der Waals surface area contributed by atoms with Gasteiger partial charge in [0.25, 0.3) is 0 Å². The van der Waals surface area contributed by atoms with Gasteiger partial charge in [0.1, 0.15) is 5.82 Å². The minimum atomic E-state index is -1.12. The van der Waals surface area contributed by atoms with Crippen LogP contribution in [0.1, 0.15) is 0 Å². The van der Waals surface area contributed by atoms with Gasteiger partial charge in [0.05, 0.1) is 11.7 Å². The first-order valence-electron chi connectivity index (χ1n) is 5.60. The fourth-order valence-electron chi connectivity index (χ4n) is 1.82. The van der Waals surface area contributed by atoms with E-state index in [9.17, 15) is 4.79 Å². The van der Waals surface area contributed by atoms with Gasteiger partial charge in [-0.1, -0.05) is 0 Å². The summed E-state index contributed by atoms with van der Waals surface area (Å²) in [5.41, 5.74) is 1.26. The third-order valence-corrected chi connectivity index (χ3v) is 2.83. The molecule has 3 rings (SSSR count). The van der Waals surface area contributed by atoms with Crippen molar-refractivity contribution in [3.05, 3.63) is 41.9 Å². The second-order valence-corrected chi connectivity index (χ2v) is 4.29. The van der Waals surface area contributed by atoms with E-state index in [1.54, 1.807) is 30.5 Å². The van der Waals surface area contributed by atoms with Crippen molar-refractivity contribution in [3.63, 3.8) is 0 Å². The molecule has 20 heavy (non-hydrogen) atoms. The quantitative estimate of drug-likeness (QED) is 0.705. The van der Waals surface area contributed by atoms with Crippen LogP contribution in [0.2, 0.25) is 5.28 Å². The molecule has 1 aromatic carbocycles. The van der Waals surface area contributed by atoms with Crippen molar-refractivity contribution < 1.29 is 9.90 Å². The first-order chi connectivity index (χ1) is 9.63. The molecule has 0 bridgehead atoms. The molecular formula is C12H8ClN5O2. The average Bonchev–Trinajstić information content (AvgIpc) is 2.82. The predicted octanol–water partition coefficient (Wildman–Crippen LogP) is 2.75. The Kier molecular flexibility index (Phi) is 2.96. The van der Waals surface area contributed by atoms with Crippen LogP contribution >= 0.6 is 11.6 Å². The summed E-state index contributed by atoms with van der Waals surface area (Å²) in [5, 5.41) is 16.7. The van der Waals surface area contributed by atoms with Crippen molar-refractivity contribution >= 4 is 40.1 Å². The van der Waals surface area contributed by atoms with Gasteiger partial charge in [-0.3, -0.25) is 0 Å². The van der Waals surface area contributed by atoms with E-state index in [1.165, 1.54) is 6.20 Å². The Balaban J connectivity index is 1.95. The molecule has 0 radical (unpaired) electrons.